The second-order valence-corrected chi connectivity index (χ2v) is 4.10. The average Bonchev–Trinajstić information content (AvgIpc) is 2.35. The fourth-order valence-electron chi connectivity index (χ4n) is 1.56. The number of methoxy groups -OCH3 is 1. The Labute approximate surface area is 106 Å². The molecule has 0 bridgehead atoms. The van der Waals surface area contributed by atoms with E-state index in [0.717, 1.165) is 0 Å². The van der Waals surface area contributed by atoms with Crippen molar-refractivity contribution in [2.45, 2.75) is 19.4 Å². The van der Waals surface area contributed by atoms with E-state index in [2.05, 4.69) is 5.32 Å². The highest BCUT2D eigenvalue weighted by molar-refractivity contribution is 5.84. The Bertz CT molecular complexity index is 411. The van der Waals surface area contributed by atoms with Gasteiger partial charge in [-0.15, -0.1) is 0 Å². The summed E-state index contributed by atoms with van der Waals surface area (Å²) in [6.07, 6.45) is 0. The molecule has 0 amide bonds. The van der Waals surface area contributed by atoms with Crippen LogP contribution in [0.1, 0.15) is 13.8 Å². The van der Waals surface area contributed by atoms with E-state index in [4.69, 9.17) is 9.47 Å². The summed E-state index contributed by atoms with van der Waals surface area (Å²) in [6, 6.07) is 5.89. The van der Waals surface area contributed by atoms with Gasteiger partial charge in [-0.05, 0) is 32.0 Å². The first-order valence-corrected chi connectivity index (χ1v) is 5.71. The van der Waals surface area contributed by atoms with E-state index in [1.807, 2.05) is 6.92 Å². The fraction of sp³-hybridized carbons (Fsp3) is 0.462. The van der Waals surface area contributed by atoms with E-state index in [0.29, 0.717) is 12.3 Å². The van der Waals surface area contributed by atoms with Crippen molar-refractivity contribution in [3.8, 4) is 0 Å². The van der Waals surface area contributed by atoms with Crippen LogP contribution in [0.5, 0.6) is 0 Å². The third kappa shape index (κ3) is 3.70. The van der Waals surface area contributed by atoms with Gasteiger partial charge in [0, 0.05) is 12.3 Å². The predicted molar refractivity (Wildman–Crippen MR) is 66.9 cm³/mol. The van der Waals surface area contributed by atoms with Crippen LogP contribution in [-0.2, 0) is 14.3 Å². The number of carbonyl (C=O) groups excluding carboxylic acids is 1. The van der Waals surface area contributed by atoms with Gasteiger partial charge in [0.05, 0.1) is 13.7 Å². The number of esters is 1. The van der Waals surface area contributed by atoms with Gasteiger partial charge in [0.15, 0.2) is 5.54 Å². The number of carbonyl (C=O) groups is 1. The number of hydrogen-bond donors (Lipinski definition) is 1. The summed E-state index contributed by atoms with van der Waals surface area (Å²) in [5.41, 5.74) is -0.541. The molecule has 1 aromatic rings. The van der Waals surface area contributed by atoms with Crippen LogP contribution < -0.4 is 5.32 Å². The summed E-state index contributed by atoms with van der Waals surface area (Å²) in [5, 5.41) is 2.94. The van der Waals surface area contributed by atoms with Crippen molar-refractivity contribution in [1.29, 1.82) is 0 Å². The van der Waals surface area contributed by atoms with Gasteiger partial charge in [0.2, 0.25) is 0 Å². The van der Waals surface area contributed by atoms with E-state index in [9.17, 15) is 9.18 Å². The van der Waals surface area contributed by atoms with Gasteiger partial charge in [-0.25, -0.2) is 9.18 Å². The summed E-state index contributed by atoms with van der Waals surface area (Å²) < 4.78 is 23.1. The minimum atomic E-state index is -1.04. The lowest BCUT2D eigenvalue weighted by molar-refractivity contribution is -0.147. The molecule has 0 fully saturated rings. The van der Waals surface area contributed by atoms with Crippen molar-refractivity contribution in [1.82, 2.24) is 0 Å². The first-order chi connectivity index (χ1) is 8.51. The van der Waals surface area contributed by atoms with Gasteiger partial charge in [-0.3, -0.25) is 0 Å². The van der Waals surface area contributed by atoms with Gasteiger partial charge in [-0.2, -0.15) is 0 Å². The second-order valence-electron chi connectivity index (χ2n) is 4.10. The first kappa shape index (κ1) is 14.4. The molecule has 18 heavy (non-hydrogen) atoms. The maximum Gasteiger partial charge on any atom is 0.333 e. The SMILES string of the molecule is CCOCC(C)(Nc1cccc(F)c1)C(=O)OC. The second kappa shape index (κ2) is 6.35. The average molecular weight is 255 g/mol. The molecular formula is C13H18FNO3. The monoisotopic (exact) mass is 255 g/mol. The topological polar surface area (TPSA) is 47.6 Å². The smallest absolute Gasteiger partial charge is 0.333 e. The van der Waals surface area contributed by atoms with Crippen LogP contribution in [0.3, 0.4) is 0 Å². The maximum absolute atomic E-state index is 13.1. The Balaban J connectivity index is 2.87. The molecule has 1 N–H and O–H groups in total. The Kier molecular flexibility index (Phi) is 5.09. The number of nitrogens with one attached hydrogen (secondary N) is 1. The molecule has 0 aromatic heterocycles. The first-order valence-electron chi connectivity index (χ1n) is 5.71. The Hall–Kier alpha value is -1.62. The molecule has 0 aliphatic heterocycles. The minimum Gasteiger partial charge on any atom is -0.467 e. The molecule has 100 valence electrons. The highest BCUT2D eigenvalue weighted by atomic mass is 19.1. The Morgan fingerprint density at radius 1 is 1.50 bits per heavy atom. The molecule has 0 aliphatic carbocycles. The summed E-state index contributed by atoms with van der Waals surface area (Å²) in [7, 11) is 1.31. The summed E-state index contributed by atoms with van der Waals surface area (Å²) >= 11 is 0. The third-order valence-electron chi connectivity index (χ3n) is 2.48. The lowest BCUT2D eigenvalue weighted by Gasteiger charge is -2.28. The van der Waals surface area contributed by atoms with Crippen LogP contribution in [0, 0.1) is 5.82 Å². The van der Waals surface area contributed by atoms with Crippen molar-refractivity contribution in [3.63, 3.8) is 0 Å². The molecular weight excluding hydrogens is 237 g/mol. The molecule has 1 atom stereocenters. The fourth-order valence-corrected chi connectivity index (χ4v) is 1.56. The zero-order valence-corrected chi connectivity index (χ0v) is 10.8. The molecule has 4 nitrogen and oxygen atoms in total. The minimum absolute atomic E-state index is 0.146. The van der Waals surface area contributed by atoms with Gasteiger partial charge in [0.25, 0.3) is 0 Å². The highest BCUT2D eigenvalue weighted by Crippen LogP contribution is 2.18. The molecule has 5 heteroatoms. The quantitative estimate of drug-likeness (QED) is 0.792. The molecule has 1 rings (SSSR count). The third-order valence-corrected chi connectivity index (χ3v) is 2.48. The Morgan fingerprint density at radius 2 is 2.22 bits per heavy atom. The zero-order valence-electron chi connectivity index (χ0n) is 10.8. The van der Waals surface area contributed by atoms with Crippen LogP contribution in [-0.4, -0.2) is 31.8 Å². The van der Waals surface area contributed by atoms with E-state index >= 15 is 0 Å². The maximum atomic E-state index is 13.1. The summed E-state index contributed by atoms with van der Waals surface area (Å²) in [6.45, 7) is 4.11. The highest BCUT2D eigenvalue weighted by Gasteiger charge is 2.34. The number of ether oxygens (including phenoxy) is 2. The van der Waals surface area contributed by atoms with Gasteiger partial charge in [-0.1, -0.05) is 6.07 Å². The standard InChI is InChI=1S/C13H18FNO3/c1-4-18-9-13(2,12(16)17-3)15-11-7-5-6-10(14)8-11/h5-8,15H,4,9H2,1-3H3. The number of rotatable bonds is 6. The number of hydrogen-bond acceptors (Lipinski definition) is 4. The van der Waals surface area contributed by atoms with Crippen molar-refractivity contribution >= 4 is 11.7 Å². The van der Waals surface area contributed by atoms with Crippen LogP contribution in [0.2, 0.25) is 0 Å². The lowest BCUT2D eigenvalue weighted by Crippen LogP contribution is -2.48. The Morgan fingerprint density at radius 3 is 2.78 bits per heavy atom. The van der Waals surface area contributed by atoms with Crippen molar-refractivity contribution in [2.24, 2.45) is 0 Å². The van der Waals surface area contributed by atoms with E-state index < -0.39 is 11.5 Å². The molecule has 0 spiro atoms. The van der Waals surface area contributed by atoms with E-state index in [-0.39, 0.29) is 12.4 Å². The predicted octanol–water partition coefficient (Wildman–Crippen LogP) is 2.21. The molecule has 1 unspecified atom stereocenters. The van der Waals surface area contributed by atoms with Gasteiger partial charge in [0.1, 0.15) is 5.82 Å². The van der Waals surface area contributed by atoms with Crippen molar-refractivity contribution in [3.05, 3.63) is 30.1 Å². The summed E-state index contributed by atoms with van der Waals surface area (Å²) in [4.78, 5) is 11.8. The van der Waals surface area contributed by atoms with Crippen LogP contribution in [0.4, 0.5) is 10.1 Å². The summed E-state index contributed by atoms with van der Waals surface area (Å²) in [5.74, 6) is -0.830. The van der Waals surface area contributed by atoms with E-state index in [1.165, 1.54) is 19.2 Å². The number of anilines is 1. The van der Waals surface area contributed by atoms with E-state index in [1.54, 1.807) is 19.1 Å². The normalized spacial score (nSPS) is 13.8. The van der Waals surface area contributed by atoms with Crippen molar-refractivity contribution in [2.75, 3.05) is 25.6 Å². The number of halogens is 1. The lowest BCUT2D eigenvalue weighted by atomic mass is 10.0. The zero-order chi connectivity index (χ0) is 13.6. The van der Waals surface area contributed by atoms with Crippen molar-refractivity contribution < 1.29 is 18.7 Å². The largest absolute Gasteiger partial charge is 0.467 e. The molecule has 0 saturated heterocycles. The van der Waals surface area contributed by atoms with Crippen LogP contribution >= 0.6 is 0 Å². The molecule has 0 radical (unpaired) electrons. The molecule has 0 aliphatic rings. The molecule has 0 saturated carbocycles. The number of benzene rings is 1. The molecule has 1 aromatic carbocycles. The van der Waals surface area contributed by atoms with Gasteiger partial charge < -0.3 is 14.8 Å². The van der Waals surface area contributed by atoms with Gasteiger partial charge >= 0.3 is 5.97 Å². The molecule has 0 heterocycles. The van der Waals surface area contributed by atoms with Crippen LogP contribution in [0.15, 0.2) is 24.3 Å². The van der Waals surface area contributed by atoms with Crippen LogP contribution in [0.25, 0.3) is 0 Å².